The first-order valence-electron chi connectivity index (χ1n) is 7.84. The van der Waals surface area contributed by atoms with Crippen LogP contribution in [0, 0.1) is 13.8 Å². The third kappa shape index (κ3) is 2.48. The summed E-state index contributed by atoms with van der Waals surface area (Å²) in [7, 11) is 0. The largest absolute Gasteiger partial charge is 0.364 e. The van der Waals surface area contributed by atoms with E-state index in [9.17, 15) is 0 Å². The van der Waals surface area contributed by atoms with Crippen molar-refractivity contribution in [3.8, 4) is 11.1 Å². The van der Waals surface area contributed by atoms with Crippen LogP contribution in [0.4, 0.5) is 5.69 Å². The van der Waals surface area contributed by atoms with Gasteiger partial charge in [-0.3, -0.25) is 0 Å². The third-order valence-electron chi connectivity index (χ3n) is 4.37. The monoisotopic (exact) mass is 289 g/mol. The molecule has 0 N–H and O–H groups in total. The van der Waals surface area contributed by atoms with Gasteiger partial charge in [0, 0.05) is 18.8 Å². The van der Waals surface area contributed by atoms with Crippen molar-refractivity contribution in [2.24, 2.45) is 0 Å². The van der Waals surface area contributed by atoms with E-state index in [0.717, 1.165) is 19.5 Å². The maximum Gasteiger partial charge on any atom is 0.0378 e. The van der Waals surface area contributed by atoms with E-state index in [1.165, 1.54) is 39.1 Å². The normalized spacial score (nSPS) is 11.7. The zero-order valence-electron chi connectivity index (χ0n) is 13.5. The Bertz CT molecular complexity index is 730. The van der Waals surface area contributed by atoms with Gasteiger partial charge in [0.25, 0.3) is 0 Å². The molecule has 0 aliphatic heterocycles. The summed E-state index contributed by atoms with van der Waals surface area (Å²) >= 11 is 0. The lowest BCUT2D eigenvalue weighted by molar-refractivity contribution is 0.956. The molecule has 1 aliphatic rings. The van der Waals surface area contributed by atoms with Crippen molar-refractivity contribution in [3.63, 3.8) is 0 Å². The molecule has 1 aliphatic carbocycles. The molecule has 1 nitrogen and oxygen atoms in total. The molecule has 3 rings (SSSR count). The Morgan fingerprint density at radius 2 is 1.73 bits per heavy atom. The Morgan fingerprint density at radius 1 is 1.00 bits per heavy atom. The average Bonchev–Trinajstić information content (AvgIpc) is 2.84. The van der Waals surface area contributed by atoms with Crippen LogP contribution in [-0.4, -0.2) is 13.1 Å². The minimum atomic E-state index is 0.838. The van der Waals surface area contributed by atoms with Gasteiger partial charge < -0.3 is 4.90 Å². The molecule has 0 radical (unpaired) electrons. The van der Waals surface area contributed by atoms with E-state index in [0.29, 0.717) is 0 Å². The molecule has 22 heavy (non-hydrogen) atoms. The highest BCUT2D eigenvalue weighted by Crippen LogP contribution is 2.41. The van der Waals surface area contributed by atoms with Gasteiger partial charge in [0.2, 0.25) is 0 Å². The molecule has 0 atom stereocenters. The van der Waals surface area contributed by atoms with Crippen LogP contribution >= 0.6 is 0 Å². The van der Waals surface area contributed by atoms with Crippen molar-refractivity contribution in [1.29, 1.82) is 0 Å². The summed E-state index contributed by atoms with van der Waals surface area (Å²) in [5, 5.41) is 0. The Hall–Kier alpha value is -2.28. The van der Waals surface area contributed by atoms with E-state index < -0.39 is 0 Å². The highest BCUT2D eigenvalue weighted by Gasteiger charge is 2.21. The van der Waals surface area contributed by atoms with Crippen molar-refractivity contribution in [1.82, 2.24) is 0 Å². The van der Waals surface area contributed by atoms with Gasteiger partial charge in [-0.25, -0.2) is 0 Å². The summed E-state index contributed by atoms with van der Waals surface area (Å²) in [5.74, 6) is 0. The Kier molecular flexibility index (Phi) is 3.89. The molecular weight excluding hydrogens is 266 g/mol. The van der Waals surface area contributed by atoms with Gasteiger partial charge in [0.05, 0.1) is 0 Å². The van der Waals surface area contributed by atoms with E-state index in [-0.39, 0.29) is 0 Å². The topological polar surface area (TPSA) is 3.24 Å². The lowest BCUT2D eigenvalue weighted by atomic mass is 9.98. The first-order chi connectivity index (χ1) is 10.6. The van der Waals surface area contributed by atoms with Gasteiger partial charge in [-0.05, 0) is 60.2 Å². The number of fused-ring (bicyclic) bond motifs is 3. The summed E-state index contributed by atoms with van der Waals surface area (Å²) in [6.07, 6.45) is 4.94. The van der Waals surface area contributed by atoms with E-state index in [1.807, 2.05) is 12.2 Å². The molecule has 0 spiro atoms. The van der Waals surface area contributed by atoms with Crippen molar-refractivity contribution in [2.45, 2.75) is 20.3 Å². The maximum atomic E-state index is 3.86. The van der Waals surface area contributed by atoms with E-state index in [4.69, 9.17) is 0 Å². The summed E-state index contributed by atoms with van der Waals surface area (Å²) in [6.45, 7) is 13.8. The van der Waals surface area contributed by atoms with Crippen molar-refractivity contribution >= 4 is 5.69 Å². The van der Waals surface area contributed by atoms with Crippen LogP contribution in [0.1, 0.15) is 22.3 Å². The first kappa shape index (κ1) is 14.6. The smallest absolute Gasteiger partial charge is 0.0378 e. The molecule has 112 valence electrons. The fraction of sp³-hybridized carbons (Fsp3) is 0.238. The van der Waals surface area contributed by atoms with Crippen LogP contribution in [0.2, 0.25) is 0 Å². The molecule has 0 bridgehead atoms. The maximum absolute atomic E-state index is 3.86. The van der Waals surface area contributed by atoms with Crippen LogP contribution in [0.15, 0.2) is 55.6 Å². The number of hydrogen-bond acceptors (Lipinski definition) is 1. The molecule has 0 heterocycles. The van der Waals surface area contributed by atoms with Crippen molar-refractivity contribution in [2.75, 3.05) is 18.0 Å². The van der Waals surface area contributed by atoms with Gasteiger partial charge in [0.15, 0.2) is 0 Å². The molecule has 0 saturated carbocycles. The molecule has 0 aromatic heterocycles. The number of aryl methyl sites for hydroxylation is 2. The molecule has 0 amide bonds. The molecule has 1 heteroatoms. The lowest BCUT2D eigenvalue weighted by Crippen LogP contribution is -2.23. The zero-order valence-corrected chi connectivity index (χ0v) is 13.5. The first-order valence-corrected chi connectivity index (χ1v) is 7.84. The Balaban J connectivity index is 2.08. The second-order valence-corrected chi connectivity index (χ2v) is 6.12. The molecule has 0 saturated heterocycles. The Morgan fingerprint density at radius 3 is 2.41 bits per heavy atom. The second-order valence-electron chi connectivity index (χ2n) is 6.12. The van der Waals surface area contributed by atoms with Crippen LogP contribution in [0.5, 0.6) is 0 Å². The highest BCUT2D eigenvalue weighted by molar-refractivity contribution is 5.82. The standard InChI is InChI=1S/C21H23N/c1-5-9-22(10-6-2)19-8-7-17-13-18-12-15(3)11-16(4)21(18)20(17)14-19/h5-8,11-12,14H,1-2,9-10,13H2,3-4H3. The zero-order chi connectivity index (χ0) is 15.7. The summed E-state index contributed by atoms with van der Waals surface area (Å²) in [5.41, 5.74) is 9.69. The van der Waals surface area contributed by atoms with Crippen LogP contribution in [-0.2, 0) is 6.42 Å². The fourth-order valence-corrected chi connectivity index (χ4v) is 3.53. The van der Waals surface area contributed by atoms with E-state index in [2.05, 4.69) is 62.2 Å². The average molecular weight is 289 g/mol. The minimum Gasteiger partial charge on any atom is -0.364 e. The van der Waals surface area contributed by atoms with E-state index >= 15 is 0 Å². The Labute approximate surface area is 133 Å². The molecule has 2 aromatic rings. The van der Waals surface area contributed by atoms with Crippen LogP contribution in [0.25, 0.3) is 11.1 Å². The predicted molar refractivity (Wildman–Crippen MR) is 96.8 cm³/mol. The minimum absolute atomic E-state index is 0.838. The second kappa shape index (κ2) is 5.84. The summed E-state index contributed by atoms with van der Waals surface area (Å²) < 4.78 is 0. The van der Waals surface area contributed by atoms with Gasteiger partial charge in [-0.15, -0.1) is 13.2 Å². The van der Waals surface area contributed by atoms with Crippen LogP contribution in [0.3, 0.4) is 0 Å². The SMILES string of the molecule is C=CCN(CC=C)c1ccc2c(c1)-c1c(C)cc(C)cc1C2. The van der Waals surface area contributed by atoms with Crippen molar-refractivity contribution in [3.05, 3.63) is 77.9 Å². The number of anilines is 1. The molecule has 2 aromatic carbocycles. The summed E-state index contributed by atoms with van der Waals surface area (Å²) in [4.78, 5) is 2.29. The molecule has 0 fully saturated rings. The molecule has 0 unspecified atom stereocenters. The van der Waals surface area contributed by atoms with Gasteiger partial charge in [-0.1, -0.05) is 35.9 Å². The predicted octanol–water partition coefficient (Wildman–Crippen LogP) is 5.05. The fourth-order valence-electron chi connectivity index (χ4n) is 3.53. The lowest BCUT2D eigenvalue weighted by Gasteiger charge is -2.22. The third-order valence-corrected chi connectivity index (χ3v) is 4.37. The number of hydrogen-bond donors (Lipinski definition) is 0. The molecular formula is C21H23N. The van der Waals surface area contributed by atoms with Gasteiger partial charge in [0.1, 0.15) is 0 Å². The number of benzene rings is 2. The van der Waals surface area contributed by atoms with Gasteiger partial charge in [-0.2, -0.15) is 0 Å². The quantitative estimate of drug-likeness (QED) is 0.594. The van der Waals surface area contributed by atoms with E-state index in [1.54, 1.807) is 0 Å². The number of nitrogens with zero attached hydrogens (tertiary/aromatic N) is 1. The highest BCUT2D eigenvalue weighted by atomic mass is 15.1. The van der Waals surface area contributed by atoms with Crippen molar-refractivity contribution < 1.29 is 0 Å². The summed E-state index contributed by atoms with van der Waals surface area (Å²) in [6, 6.07) is 11.4. The number of rotatable bonds is 5. The van der Waals surface area contributed by atoms with Gasteiger partial charge >= 0.3 is 0 Å². The van der Waals surface area contributed by atoms with Crippen LogP contribution < -0.4 is 4.90 Å².